The minimum atomic E-state index is 0.864. The third-order valence-corrected chi connectivity index (χ3v) is 3.42. The molecule has 0 bridgehead atoms. The van der Waals surface area contributed by atoms with Crippen molar-refractivity contribution in [2.75, 3.05) is 31.1 Å². The topological polar surface area (TPSA) is 28.2 Å². The quantitative estimate of drug-likeness (QED) is 0.706. The van der Waals surface area contributed by atoms with Crippen molar-refractivity contribution in [3.63, 3.8) is 0 Å². The molecular formula is C11H15N3. The van der Waals surface area contributed by atoms with E-state index in [0.29, 0.717) is 0 Å². The predicted molar refractivity (Wildman–Crippen MR) is 56.3 cm³/mol. The molecular weight excluding hydrogens is 174 g/mol. The van der Waals surface area contributed by atoms with Crippen molar-refractivity contribution in [2.45, 2.75) is 0 Å². The van der Waals surface area contributed by atoms with E-state index in [-0.39, 0.29) is 0 Å². The third-order valence-electron chi connectivity index (χ3n) is 3.42. The molecule has 0 aromatic carbocycles. The van der Waals surface area contributed by atoms with Crippen molar-refractivity contribution in [2.24, 2.45) is 11.8 Å². The molecule has 0 aliphatic carbocycles. The first-order chi connectivity index (χ1) is 6.93. The molecule has 0 saturated carbocycles. The van der Waals surface area contributed by atoms with E-state index < -0.39 is 0 Å². The Morgan fingerprint density at radius 2 is 1.79 bits per heavy atom. The normalized spacial score (nSPS) is 30.7. The number of anilines is 1. The van der Waals surface area contributed by atoms with Crippen molar-refractivity contribution < 1.29 is 0 Å². The highest BCUT2D eigenvalue weighted by Crippen LogP contribution is 2.29. The summed E-state index contributed by atoms with van der Waals surface area (Å²) in [6, 6.07) is 4.21. The van der Waals surface area contributed by atoms with Crippen LogP contribution in [0.2, 0.25) is 0 Å². The number of rotatable bonds is 1. The first-order valence-electron chi connectivity index (χ1n) is 5.29. The summed E-state index contributed by atoms with van der Waals surface area (Å²) in [6.45, 7) is 4.82. The average molecular weight is 189 g/mol. The molecule has 3 rings (SSSR count). The molecule has 3 heterocycles. The molecule has 2 fully saturated rings. The Hall–Kier alpha value is -1.09. The summed E-state index contributed by atoms with van der Waals surface area (Å²) in [7, 11) is 0. The molecule has 2 aliphatic heterocycles. The van der Waals surface area contributed by atoms with Gasteiger partial charge in [0, 0.05) is 44.3 Å². The average Bonchev–Trinajstić information content (AvgIpc) is 2.78. The van der Waals surface area contributed by atoms with Gasteiger partial charge in [-0.05, 0) is 24.0 Å². The maximum atomic E-state index is 4.05. The Morgan fingerprint density at radius 1 is 1.14 bits per heavy atom. The molecule has 1 aromatic rings. The largest absolute Gasteiger partial charge is 0.371 e. The fraction of sp³-hybridized carbons (Fsp3) is 0.545. The second-order valence-corrected chi connectivity index (χ2v) is 4.29. The van der Waals surface area contributed by atoms with Gasteiger partial charge < -0.3 is 10.2 Å². The fourth-order valence-corrected chi connectivity index (χ4v) is 2.62. The van der Waals surface area contributed by atoms with Crippen LogP contribution < -0.4 is 10.2 Å². The predicted octanol–water partition coefficient (Wildman–Crippen LogP) is 0.737. The smallest absolute Gasteiger partial charge is 0.0397 e. The van der Waals surface area contributed by atoms with E-state index in [1.807, 2.05) is 12.4 Å². The van der Waals surface area contributed by atoms with Gasteiger partial charge in [0.1, 0.15) is 0 Å². The van der Waals surface area contributed by atoms with Gasteiger partial charge in [0.2, 0.25) is 0 Å². The number of hydrogen-bond acceptors (Lipinski definition) is 3. The Kier molecular flexibility index (Phi) is 1.91. The molecule has 2 aliphatic rings. The van der Waals surface area contributed by atoms with Crippen molar-refractivity contribution >= 4 is 5.69 Å². The van der Waals surface area contributed by atoms with E-state index in [4.69, 9.17) is 0 Å². The molecule has 2 atom stereocenters. The number of hydrogen-bond donors (Lipinski definition) is 1. The number of pyridine rings is 1. The van der Waals surface area contributed by atoms with Gasteiger partial charge in [-0.1, -0.05) is 0 Å². The standard InChI is InChI=1S/C11H15N3/c1-3-12-4-2-11(1)14-7-9-5-13-6-10(9)8-14/h1-4,9-10,13H,5-8H2. The fourth-order valence-electron chi connectivity index (χ4n) is 2.62. The maximum absolute atomic E-state index is 4.05. The van der Waals surface area contributed by atoms with Crippen LogP contribution in [-0.4, -0.2) is 31.2 Å². The molecule has 0 spiro atoms. The molecule has 1 aromatic heterocycles. The van der Waals surface area contributed by atoms with Crippen molar-refractivity contribution in [1.29, 1.82) is 0 Å². The van der Waals surface area contributed by atoms with Crippen molar-refractivity contribution in [3.05, 3.63) is 24.5 Å². The summed E-state index contributed by atoms with van der Waals surface area (Å²) in [5.41, 5.74) is 1.33. The van der Waals surface area contributed by atoms with Crippen LogP contribution in [0.15, 0.2) is 24.5 Å². The zero-order valence-electron chi connectivity index (χ0n) is 8.19. The van der Waals surface area contributed by atoms with E-state index >= 15 is 0 Å². The van der Waals surface area contributed by atoms with Gasteiger partial charge in [0.05, 0.1) is 0 Å². The molecule has 0 radical (unpaired) electrons. The molecule has 2 unspecified atom stereocenters. The van der Waals surface area contributed by atoms with Crippen molar-refractivity contribution in [3.8, 4) is 0 Å². The van der Waals surface area contributed by atoms with Gasteiger partial charge in [-0.25, -0.2) is 0 Å². The molecule has 0 amide bonds. The van der Waals surface area contributed by atoms with Crippen LogP contribution in [0.5, 0.6) is 0 Å². The number of nitrogens with zero attached hydrogens (tertiary/aromatic N) is 2. The van der Waals surface area contributed by atoms with Crippen LogP contribution in [0.25, 0.3) is 0 Å². The second-order valence-electron chi connectivity index (χ2n) is 4.29. The van der Waals surface area contributed by atoms with Gasteiger partial charge in [-0.3, -0.25) is 4.98 Å². The minimum absolute atomic E-state index is 0.864. The van der Waals surface area contributed by atoms with Crippen molar-refractivity contribution in [1.82, 2.24) is 10.3 Å². The van der Waals surface area contributed by atoms with E-state index in [9.17, 15) is 0 Å². The lowest BCUT2D eigenvalue weighted by molar-refractivity contribution is 0.533. The maximum Gasteiger partial charge on any atom is 0.0397 e. The summed E-state index contributed by atoms with van der Waals surface area (Å²) in [5.74, 6) is 1.73. The SMILES string of the molecule is c1cc(N2CC3CNCC3C2)ccn1. The Morgan fingerprint density at radius 3 is 2.43 bits per heavy atom. The van der Waals surface area contributed by atoms with E-state index in [0.717, 1.165) is 11.8 Å². The van der Waals surface area contributed by atoms with Crippen LogP contribution in [0.1, 0.15) is 0 Å². The lowest BCUT2D eigenvalue weighted by Gasteiger charge is -2.19. The monoisotopic (exact) mass is 189 g/mol. The van der Waals surface area contributed by atoms with Gasteiger partial charge in [0.25, 0.3) is 0 Å². The zero-order chi connectivity index (χ0) is 9.38. The second kappa shape index (κ2) is 3.24. The summed E-state index contributed by atoms with van der Waals surface area (Å²) in [5, 5.41) is 3.46. The highest BCUT2D eigenvalue weighted by atomic mass is 15.2. The lowest BCUT2D eigenvalue weighted by Crippen LogP contribution is -2.25. The Labute approximate surface area is 84.1 Å². The summed E-state index contributed by atoms with van der Waals surface area (Å²) < 4.78 is 0. The van der Waals surface area contributed by atoms with E-state index in [1.165, 1.54) is 31.9 Å². The zero-order valence-corrected chi connectivity index (χ0v) is 8.19. The summed E-state index contributed by atoms with van der Waals surface area (Å²) >= 11 is 0. The van der Waals surface area contributed by atoms with Crippen LogP contribution >= 0.6 is 0 Å². The molecule has 1 N–H and O–H groups in total. The Bertz CT molecular complexity index is 300. The van der Waals surface area contributed by atoms with E-state index in [1.54, 1.807) is 0 Å². The minimum Gasteiger partial charge on any atom is -0.371 e. The number of aromatic nitrogens is 1. The van der Waals surface area contributed by atoms with E-state index in [2.05, 4.69) is 27.3 Å². The van der Waals surface area contributed by atoms with Crippen LogP contribution in [-0.2, 0) is 0 Å². The molecule has 74 valence electrons. The highest BCUT2D eigenvalue weighted by molar-refractivity contribution is 5.46. The summed E-state index contributed by atoms with van der Waals surface area (Å²) in [4.78, 5) is 6.53. The first kappa shape index (κ1) is 8.24. The molecule has 3 nitrogen and oxygen atoms in total. The molecule has 2 saturated heterocycles. The molecule has 14 heavy (non-hydrogen) atoms. The number of fused-ring (bicyclic) bond motifs is 1. The van der Waals surface area contributed by atoms with Crippen LogP contribution in [0, 0.1) is 11.8 Å². The van der Waals surface area contributed by atoms with Gasteiger partial charge in [-0.15, -0.1) is 0 Å². The van der Waals surface area contributed by atoms with Crippen LogP contribution in [0.4, 0.5) is 5.69 Å². The van der Waals surface area contributed by atoms with Gasteiger partial charge >= 0.3 is 0 Å². The third kappa shape index (κ3) is 1.28. The highest BCUT2D eigenvalue weighted by Gasteiger charge is 2.35. The van der Waals surface area contributed by atoms with Gasteiger partial charge in [0.15, 0.2) is 0 Å². The number of nitrogens with one attached hydrogen (secondary N) is 1. The first-order valence-corrected chi connectivity index (χ1v) is 5.29. The molecule has 3 heteroatoms. The summed E-state index contributed by atoms with van der Waals surface area (Å²) in [6.07, 6.45) is 3.75. The Balaban J connectivity index is 1.77. The van der Waals surface area contributed by atoms with Crippen LogP contribution in [0.3, 0.4) is 0 Å². The lowest BCUT2D eigenvalue weighted by atomic mass is 10.0. The van der Waals surface area contributed by atoms with Gasteiger partial charge in [-0.2, -0.15) is 0 Å².